The van der Waals surface area contributed by atoms with Gasteiger partial charge in [0.1, 0.15) is 11.5 Å². The Morgan fingerprint density at radius 3 is 1.12 bits per heavy atom. The summed E-state index contributed by atoms with van der Waals surface area (Å²) in [6.45, 7) is 24.1. The van der Waals surface area contributed by atoms with Gasteiger partial charge in [0.05, 0.1) is 0 Å². The molecule has 0 amide bonds. The van der Waals surface area contributed by atoms with Crippen molar-refractivity contribution in [1.29, 1.82) is 0 Å². The van der Waals surface area contributed by atoms with Crippen molar-refractivity contribution in [1.82, 2.24) is 0 Å². The van der Waals surface area contributed by atoms with E-state index in [2.05, 4.69) is 159 Å². The van der Waals surface area contributed by atoms with Gasteiger partial charge in [-0.2, -0.15) is 12.1 Å². The summed E-state index contributed by atoms with van der Waals surface area (Å²) in [5, 5.41) is 30.1. The minimum atomic E-state index is 0. The Bertz CT molecular complexity index is 2330. The van der Waals surface area contributed by atoms with Gasteiger partial charge in [-0.15, -0.1) is 56.9 Å². The molecule has 304 valence electrons. The molecule has 2 N–H and O–H groups in total. The minimum absolute atomic E-state index is 0. The predicted octanol–water partition coefficient (Wildman–Crippen LogP) is 15.1. The van der Waals surface area contributed by atoms with Gasteiger partial charge in [-0.05, 0) is 60.8 Å². The summed E-state index contributed by atoms with van der Waals surface area (Å²) in [5.74, 6) is 0.793. The van der Waals surface area contributed by atoms with Crippen LogP contribution in [0.25, 0.3) is 43.1 Å². The van der Waals surface area contributed by atoms with Crippen molar-refractivity contribution in [3.05, 3.63) is 182 Å². The molecule has 2 radical (unpaired) electrons. The predicted molar refractivity (Wildman–Crippen MR) is 255 cm³/mol. The van der Waals surface area contributed by atoms with E-state index in [1.807, 2.05) is 38.1 Å². The van der Waals surface area contributed by atoms with Crippen molar-refractivity contribution in [2.24, 2.45) is 0 Å². The normalized spacial score (nSPS) is 10.7. The van der Waals surface area contributed by atoms with Crippen molar-refractivity contribution >= 4 is 50.0 Å². The van der Waals surface area contributed by atoms with Gasteiger partial charge >= 0.3 is 30.2 Å². The molecule has 0 aliphatic carbocycles. The number of fused-ring (bicyclic) bond motifs is 6. The summed E-state index contributed by atoms with van der Waals surface area (Å²) in [5.41, 5.74) is 7.33. The van der Waals surface area contributed by atoms with E-state index < -0.39 is 0 Å². The Morgan fingerprint density at radius 2 is 0.810 bits per heavy atom. The van der Waals surface area contributed by atoms with Gasteiger partial charge in [0, 0.05) is 0 Å². The zero-order valence-electron chi connectivity index (χ0n) is 37.0. The number of aryl methyl sites for hydroxylation is 4. The van der Waals surface area contributed by atoms with Crippen LogP contribution in [-0.2, 0) is 47.0 Å². The van der Waals surface area contributed by atoms with Crippen molar-refractivity contribution in [3.63, 3.8) is 0 Å². The van der Waals surface area contributed by atoms with Gasteiger partial charge in [-0.3, -0.25) is 0 Å². The number of rotatable bonds is 2. The molecule has 0 unspecified atom stereocenters. The van der Waals surface area contributed by atoms with E-state index in [-0.39, 0.29) is 25.7 Å². The third-order valence-electron chi connectivity index (χ3n) is 10.1. The number of hydrogen-bond donors (Lipinski definition) is 2. The zero-order chi connectivity index (χ0) is 41.2. The summed E-state index contributed by atoms with van der Waals surface area (Å²) in [6, 6.07) is 46.7. The molecule has 0 saturated heterocycles. The van der Waals surface area contributed by atoms with Crippen LogP contribution in [0.5, 0.6) is 11.5 Å². The molecule has 0 bridgehead atoms. The van der Waals surface area contributed by atoms with E-state index in [9.17, 15) is 10.2 Å². The Labute approximate surface area is 367 Å². The Morgan fingerprint density at radius 1 is 0.483 bits per heavy atom. The second-order valence-electron chi connectivity index (χ2n) is 16.6. The molecule has 0 heterocycles. The van der Waals surface area contributed by atoms with E-state index in [1.54, 1.807) is 12.1 Å². The molecule has 8 aromatic carbocycles. The molecular weight excluding hydrogens is 800 g/mol. The van der Waals surface area contributed by atoms with E-state index >= 15 is 0 Å². The van der Waals surface area contributed by atoms with Gasteiger partial charge in [0.25, 0.3) is 0 Å². The fraction of sp³-hybridized carbons (Fsp3) is 0.259. The van der Waals surface area contributed by atoms with E-state index in [0.717, 1.165) is 24.0 Å². The first-order valence-corrected chi connectivity index (χ1v) is 23.8. The van der Waals surface area contributed by atoms with E-state index in [4.69, 9.17) is 0 Å². The second kappa shape index (κ2) is 22.2. The summed E-state index contributed by atoms with van der Waals surface area (Å²) < 4.78 is 0. The first-order chi connectivity index (χ1) is 26.6. The first-order valence-electron chi connectivity index (χ1n) is 19.6. The molecule has 58 heavy (non-hydrogen) atoms. The maximum atomic E-state index is 9.57. The molecule has 0 atom stereocenters. The zero-order valence-corrected chi connectivity index (χ0v) is 40.5. The van der Waals surface area contributed by atoms with Crippen LogP contribution in [0.2, 0.25) is 0 Å². The average Bonchev–Trinajstić information content (AvgIpc) is 3.82. The molecule has 0 fully saturated rings. The van der Waals surface area contributed by atoms with Crippen LogP contribution >= 0.6 is 0 Å². The van der Waals surface area contributed by atoms with Crippen LogP contribution in [0.15, 0.2) is 133 Å². The van der Waals surface area contributed by atoms with E-state index in [0.29, 0.717) is 11.5 Å². The van der Waals surface area contributed by atoms with Crippen LogP contribution < -0.4 is 0 Å². The van der Waals surface area contributed by atoms with Crippen molar-refractivity contribution < 1.29 is 33.5 Å². The fourth-order valence-electron chi connectivity index (χ4n) is 6.96. The van der Waals surface area contributed by atoms with Crippen LogP contribution in [0.4, 0.5) is 0 Å². The molecule has 0 aromatic heterocycles. The van der Waals surface area contributed by atoms with Gasteiger partial charge in [0.2, 0.25) is 0 Å². The molecule has 0 spiro atoms. The van der Waals surface area contributed by atoms with Gasteiger partial charge in [-0.25, -0.2) is 0 Å². The summed E-state index contributed by atoms with van der Waals surface area (Å²) >= 11 is 1.36. The number of aromatic hydroxyl groups is 2. The fourth-order valence-corrected chi connectivity index (χ4v) is 6.96. The number of phenols is 2. The molecule has 8 aromatic rings. The van der Waals surface area contributed by atoms with Crippen LogP contribution in [0, 0.1) is 28.7 Å². The molecule has 0 saturated carbocycles. The Hall–Kier alpha value is -4.24. The van der Waals surface area contributed by atoms with Gasteiger partial charge in [0.15, 0.2) is 0 Å². The number of hydrogen-bond acceptors (Lipinski definition) is 2. The average molecular weight is 864 g/mol. The summed E-state index contributed by atoms with van der Waals surface area (Å²) in [4.78, 5) is 0. The quantitative estimate of drug-likeness (QED) is 0.134. The molecular formula is C54H64O2SiZr-4. The molecule has 2 nitrogen and oxygen atoms in total. The van der Waals surface area contributed by atoms with Crippen molar-refractivity contribution in [3.8, 4) is 11.5 Å². The van der Waals surface area contributed by atoms with Crippen molar-refractivity contribution in [2.45, 2.75) is 92.9 Å². The Balaban J connectivity index is 0.000000262. The Kier molecular flexibility index (Phi) is 19.1. The SMILES string of the molecule is CCc1cc2ccc3ccccc3c2[cH-]1.CCc1cc2ccc3ccccc3c2[cH-]1.Cc1ccc(O)c(C(C)(C)C)c1.Cc1ccc(O)c(C(C)(C)C)c1.[CH3-].[CH3-].[Si]=[Zr]. The van der Waals surface area contributed by atoms with E-state index in [1.165, 1.54) is 88.7 Å². The molecule has 8 rings (SSSR count). The summed E-state index contributed by atoms with van der Waals surface area (Å²) in [6.07, 6.45) is 2.23. The topological polar surface area (TPSA) is 40.5 Å². The molecule has 0 aliphatic heterocycles. The van der Waals surface area contributed by atoms with Gasteiger partial charge in [-0.1, -0.05) is 173 Å². The molecule has 4 heteroatoms. The van der Waals surface area contributed by atoms with Crippen LogP contribution in [0.1, 0.15) is 88.8 Å². The summed E-state index contributed by atoms with van der Waals surface area (Å²) in [7, 11) is 0. The first kappa shape index (κ1) is 49.9. The van der Waals surface area contributed by atoms with Gasteiger partial charge < -0.3 is 25.1 Å². The maximum absolute atomic E-state index is 9.57. The molecule has 0 aliphatic rings. The van der Waals surface area contributed by atoms with Crippen LogP contribution in [0.3, 0.4) is 0 Å². The van der Waals surface area contributed by atoms with Crippen molar-refractivity contribution in [2.75, 3.05) is 0 Å². The third kappa shape index (κ3) is 12.9. The number of benzene rings is 6. The number of phenolic OH excluding ortho intramolecular Hbond substituents is 2. The standard InChI is InChI=1S/2C15H13.2C11H16O.2CH3.Si.Zr/c2*1-2-11-9-13-8-7-12-5-3-4-6-14(12)15(13)10-11;2*1-8-5-6-10(12)9(7-8)11(2,3)4;;;;/h2*3-10H,2H2,1H3;2*5-7,12H,1-4H3;2*1H3;;/q2*-1;;;2*-1;;. The third-order valence-corrected chi connectivity index (χ3v) is 10.1. The van der Waals surface area contributed by atoms with Crippen LogP contribution in [-0.4, -0.2) is 17.1 Å². The second-order valence-corrected chi connectivity index (χ2v) is 16.6. The monoisotopic (exact) mass is 862 g/mol.